The SMILES string of the molecule is CC1CN(c2ncc(I)cn2)CC(C)N1. The van der Waals surface area contributed by atoms with Crippen LogP contribution in [0, 0.1) is 3.57 Å². The second-order valence-electron chi connectivity index (χ2n) is 4.08. The highest BCUT2D eigenvalue weighted by Gasteiger charge is 2.22. The van der Waals surface area contributed by atoms with E-state index in [0.29, 0.717) is 12.1 Å². The topological polar surface area (TPSA) is 41.1 Å². The zero-order valence-corrected chi connectivity index (χ0v) is 11.1. The third-order valence-electron chi connectivity index (χ3n) is 2.45. The Kier molecular flexibility index (Phi) is 3.40. The van der Waals surface area contributed by atoms with E-state index < -0.39 is 0 Å². The van der Waals surface area contributed by atoms with Crippen LogP contribution in [0.3, 0.4) is 0 Å². The van der Waals surface area contributed by atoms with Gasteiger partial charge < -0.3 is 10.2 Å². The summed E-state index contributed by atoms with van der Waals surface area (Å²) in [5.41, 5.74) is 0. The number of hydrogen-bond acceptors (Lipinski definition) is 4. The molecule has 0 amide bonds. The lowest BCUT2D eigenvalue weighted by Gasteiger charge is -2.36. The molecule has 2 heterocycles. The van der Waals surface area contributed by atoms with E-state index in [1.54, 1.807) is 0 Å². The fourth-order valence-electron chi connectivity index (χ4n) is 1.96. The van der Waals surface area contributed by atoms with Crippen LogP contribution in [-0.2, 0) is 0 Å². The Hall–Kier alpha value is -0.430. The van der Waals surface area contributed by atoms with E-state index in [1.165, 1.54) is 0 Å². The van der Waals surface area contributed by atoms with Crippen molar-refractivity contribution in [1.82, 2.24) is 15.3 Å². The molecule has 1 aliphatic heterocycles. The molecule has 1 fully saturated rings. The number of rotatable bonds is 1. The minimum atomic E-state index is 0.497. The van der Waals surface area contributed by atoms with Crippen LogP contribution in [0.5, 0.6) is 0 Å². The van der Waals surface area contributed by atoms with Crippen molar-refractivity contribution < 1.29 is 0 Å². The number of aromatic nitrogens is 2. The molecular weight excluding hydrogens is 303 g/mol. The molecular formula is C10H15IN4. The van der Waals surface area contributed by atoms with Gasteiger partial charge >= 0.3 is 0 Å². The molecule has 0 spiro atoms. The first-order valence-electron chi connectivity index (χ1n) is 5.13. The highest BCUT2D eigenvalue weighted by atomic mass is 127. The van der Waals surface area contributed by atoms with E-state index >= 15 is 0 Å². The maximum atomic E-state index is 4.35. The first kappa shape index (κ1) is 11.1. The number of nitrogens with zero attached hydrogens (tertiary/aromatic N) is 3. The molecule has 1 aliphatic rings. The Morgan fingerprint density at radius 3 is 2.33 bits per heavy atom. The lowest BCUT2D eigenvalue weighted by atomic mass is 10.1. The van der Waals surface area contributed by atoms with Gasteiger partial charge in [-0.25, -0.2) is 9.97 Å². The number of hydrogen-bond donors (Lipinski definition) is 1. The molecule has 1 aromatic rings. The van der Waals surface area contributed by atoms with Crippen LogP contribution in [-0.4, -0.2) is 35.1 Å². The van der Waals surface area contributed by atoms with Crippen molar-refractivity contribution in [3.63, 3.8) is 0 Å². The van der Waals surface area contributed by atoms with Gasteiger partial charge in [-0.15, -0.1) is 0 Å². The Balaban J connectivity index is 2.12. The van der Waals surface area contributed by atoms with Crippen LogP contribution in [0.4, 0.5) is 5.95 Å². The third kappa shape index (κ3) is 2.78. The zero-order chi connectivity index (χ0) is 10.8. The predicted molar refractivity (Wildman–Crippen MR) is 69.0 cm³/mol. The van der Waals surface area contributed by atoms with Gasteiger partial charge in [-0.3, -0.25) is 0 Å². The van der Waals surface area contributed by atoms with Crippen molar-refractivity contribution in [3.05, 3.63) is 16.0 Å². The predicted octanol–water partition coefficient (Wildman–Crippen LogP) is 1.27. The van der Waals surface area contributed by atoms with Crippen molar-refractivity contribution in [2.75, 3.05) is 18.0 Å². The molecule has 1 aromatic heterocycles. The van der Waals surface area contributed by atoms with Crippen molar-refractivity contribution in [2.45, 2.75) is 25.9 Å². The molecule has 0 radical (unpaired) electrons. The summed E-state index contributed by atoms with van der Waals surface area (Å²) in [4.78, 5) is 10.9. The minimum Gasteiger partial charge on any atom is -0.338 e. The second-order valence-corrected chi connectivity index (χ2v) is 5.32. The number of anilines is 1. The molecule has 2 unspecified atom stereocenters. The highest BCUT2D eigenvalue weighted by Crippen LogP contribution is 2.12. The summed E-state index contributed by atoms with van der Waals surface area (Å²) in [7, 11) is 0. The van der Waals surface area contributed by atoms with Crippen LogP contribution < -0.4 is 10.2 Å². The van der Waals surface area contributed by atoms with E-state index in [-0.39, 0.29) is 0 Å². The van der Waals surface area contributed by atoms with Crippen molar-refractivity contribution in [2.24, 2.45) is 0 Å². The van der Waals surface area contributed by atoms with E-state index in [0.717, 1.165) is 22.6 Å². The van der Waals surface area contributed by atoms with Gasteiger partial charge in [-0.05, 0) is 36.4 Å². The summed E-state index contributed by atoms with van der Waals surface area (Å²) in [6.45, 7) is 6.33. The van der Waals surface area contributed by atoms with Gasteiger partial charge in [0.15, 0.2) is 0 Å². The summed E-state index contributed by atoms with van der Waals surface area (Å²) in [5, 5.41) is 3.49. The van der Waals surface area contributed by atoms with Crippen molar-refractivity contribution in [1.29, 1.82) is 0 Å². The second kappa shape index (κ2) is 4.61. The van der Waals surface area contributed by atoms with Gasteiger partial charge in [0.1, 0.15) is 0 Å². The van der Waals surface area contributed by atoms with Crippen LogP contribution in [0.2, 0.25) is 0 Å². The van der Waals surface area contributed by atoms with Gasteiger partial charge in [-0.1, -0.05) is 0 Å². The lowest BCUT2D eigenvalue weighted by Crippen LogP contribution is -2.54. The molecule has 0 bridgehead atoms. The van der Waals surface area contributed by atoms with Gasteiger partial charge in [-0.2, -0.15) is 0 Å². The summed E-state index contributed by atoms with van der Waals surface area (Å²) in [5.74, 6) is 0.843. The molecule has 1 saturated heterocycles. The van der Waals surface area contributed by atoms with Crippen LogP contribution >= 0.6 is 22.6 Å². The standard InChI is InChI=1S/C10H15IN4/c1-7-5-15(6-8(2)14-7)10-12-3-9(11)4-13-10/h3-4,7-8,14H,5-6H2,1-2H3. The zero-order valence-electron chi connectivity index (χ0n) is 8.94. The molecule has 2 rings (SSSR count). The molecule has 5 heteroatoms. The Morgan fingerprint density at radius 2 is 1.80 bits per heavy atom. The van der Waals surface area contributed by atoms with Gasteiger partial charge in [0.25, 0.3) is 0 Å². The molecule has 0 saturated carbocycles. The third-order valence-corrected chi connectivity index (χ3v) is 3.00. The van der Waals surface area contributed by atoms with Crippen molar-refractivity contribution in [3.8, 4) is 0 Å². The molecule has 82 valence electrons. The summed E-state index contributed by atoms with van der Waals surface area (Å²) >= 11 is 2.22. The van der Waals surface area contributed by atoms with Crippen LogP contribution in [0.15, 0.2) is 12.4 Å². The Morgan fingerprint density at radius 1 is 1.27 bits per heavy atom. The molecule has 4 nitrogen and oxygen atoms in total. The summed E-state index contributed by atoms with van der Waals surface area (Å²) in [6, 6.07) is 0.994. The maximum Gasteiger partial charge on any atom is 0.225 e. The number of piperazine rings is 1. The normalized spacial score (nSPS) is 26.7. The van der Waals surface area contributed by atoms with Gasteiger partial charge in [0.05, 0.1) is 0 Å². The van der Waals surface area contributed by atoms with E-state index in [1.807, 2.05) is 12.4 Å². The van der Waals surface area contributed by atoms with E-state index in [2.05, 4.69) is 56.6 Å². The molecule has 2 atom stereocenters. The van der Waals surface area contributed by atoms with Gasteiger partial charge in [0, 0.05) is 41.1 Å². The van der Waals surface area contributed by atoms with Crippen LogP contribution in [0.1, 0.15) is 13.8 Å². The monoisotopic (exact) mass is 318 g/mol. The fourth-order valence-corrected chi connectivity index (χ4v) is 2.24. The van der Waals surface area contributed by atoms with Gasteiger partial charge in [0.2, 0.25) is 5.95 Å². The highest BCUT2D eigenvalue weighted by molar-refractivity contribution is 14.1. The molecule has 15 heavy (non-hydrogen) atoms. The largest absolute Gasteiger partial charge is 0.338 e. The first-order valence-corrected chi connectivity index (χ1v) is 6.21. The molecule has 1 N–H and O–H groups in total. The van der Waals surface area contributed by atoms with E-state index in [9.17, 15) is 0 Å². The average Bonchev–Trinajstić information content (AvgIpc) is 2.17. The van der Waals surface area contributed by atoms with Crippen LogP contribution in [0.25, 0.3) is 0 Å². The number of halogens is 1. The average molecular weight is 318 g/mol. The van der Waals surface area contributed by atoms with Crippen molar-refractivity contribution >= 4 is 28.5 Å². The first-order chi connectivity index (χ1) is 7.15. The smallest absolute Gasteiger partial charge is 0.225 e. The lowest BCUT2D eigenvalue weighted by molar-refractivity contribution is 0.403. The number of nitrogens with one attached hydrogen (secondary N) is 1. The molecule has 0 aliphatic carbocycles. The Labute approximate surface area is 104 Å². The summed E-state index contributed by atoms with van der Waals surface area (Å²) in [6.07, 6.45) is 3.72. The van der Waals surface area contributed by atoms with E-state index in [4.69, 9.17) is 0 Å². The Bertz CT molecular complexity index is 317. The quantitative estimate of drug-likeness (QED) is 0.792. The minimum absolute atomic E-state index is 0.497. The maximum absolute atomic E-state index is 4.35. The molecule has 0 aromatic carbocycles. The fraction of sp³-hybridized carbons (Fsp3) is 0.600. The summed E-state index contributed by atoms with van der Waals surface area (Å²) < 4.78 is 1.08.